The van der Waals surface area contributed by atoms with Gasteiger partial charge in [0.15, 0.2) is 0 Å². The fraction of sp³-hybridized carbons (Fsp3) is 0. The number of nitro groups is 2. The van der Waals surface area contributed by atoms with Crippen LogP contribution in [0, 0.1) is 27.4 Å². The Kier molecular flexibility index (Phi) is 7.82. The van der Waals surface area contributed by atoms with Crippen molar-refractivity contribution >= 4 is 74.3 Å². The SMILES string of the molecule is O=C(NN(C(=O)c1cc([N+](=O)[O-])ccc1I)C(=O)c1cc([N+](=O)[O-])ccc1I)c1ccncc1. The van der Waals surface area contributed by atoms with E-state index in [1.54, 1.807) is 45.2 Å². The van der Waals surface area contributed by atoms with Gasteiger partial charge in [-0.1, -0.05) is 0 Å². The van der Waals surface area contributed by atoms with Crippen molar-refractivity contribution in [1.29, 1.82) is 0 Å². The Balaban J connectivity index is 2.10. The molecule has 0 saturated heterocycles. The van der Waals surface area contributed by atoms with Crippen molar-refractivity contribution in [3.8, 4) is 0 Å². The Bertz CT molecular complexity index is 1260. The van der Waals surface area contributed by atoms with Gasteiger partial charge in [0.25, 0.3) is 29.1 Å². The van der Waals surface area contributed by atoms with Crippen molar-refractivity contribution in [2.75, 3.05) is 0 Å². The summed E-state index contributed by atoms with van der Waals surface area (Å²) >= 11 is 3.52. The standard InChI is InChI=1S/C20H11I2N5O7/c21-16-3-1-12(26(31)32)9-14(16)19(29)25(24-18(28)11-5-7-23-8-6-11)20(30)15-10-13(27(33)34)2-4-17(15)22/h1-10H,(H,24,28). The molecule has 0 aliphatic heterocycles. The van der Waals surface area contributed by atoms with Gasteiger partial charge in [-0.05, 0) is 69.4 Å². The van der Waals surface area contributed by atoms with Crippen LogP contribution in [0.3, 0.4) is 0 Å². The monoisotopic (exact) mass is 687 g/mol. The molecule has 0 atom stereocenters. The first-order valence-corrected chi connectivity index (χ1v) is 11.2. The minimum atomic E-state index is -1.07. The van der Waals surface area contributed by atoms with E-state index >= 15 is 0 Å². The smallest absolute Gasteiger partial charge is 0.267 e. The van der Waals surface area contributed by atoms with Gasteiger partial charge in [0.2, 0.25) is 0 Å². The summed E-state index contributed by atoms with van der Waals surface area (Å²) in [6.07, 6.45) is 2.66. The summed E-state index contributed by atoms with van der Waals surface area (Å²) in [6, 6.07) is 9.64. The summed E-state index contributed by atoms with van der Waals surface area (Å²) < 4.78 is 0.552. The molecule has 3 aromatic rings. The van der Waals surface area contributed by atoms with Crippen LogP contribution < -0.4 is 5.43 Å². The molecule has 34 heavy (non-hydrogen) atoms. The first-order chi connectivity index (χ1) is 16.1. The van der Waals surface area contributed by atoms with E-state index in [9.17, 15) is 34.6 Å². The van der Waals surface area contributed by atoms with E-state index < -0.39 is 38.9 Å². The summed E-state index contributed by atoms with van der Waals surface area (Å²) in [6.45, 7) is 0. The highest BCUT2D eigenvalue weighted by molar-refractivity contribution is 14.1. The third-order valence-electron chi connectivity index (χ3n) is 4.34. The van der Waals surface area contributed by atoms with E-state index in [0.29, 0.717) is 5.01 Å². The number of hydrazine groups is 1. The van der Waals surface area contributed by atoms with E-state index in [2.05, 4.69) is 10.4 Å². The topological polar surface area (TPSA) is 166 Å². The van der Waals surface area contributed by atoms with Gasteiger partial charge in [-0.15, -0.1) is 0 Å². The second-order valence-corrected chi connectivity index (χ2v) is 8.79. The average Bonchev–Trinajstić information content (AvgIpc) is 2.82. The lowest BCUT2D eigenvalue weighted by Crippen LogP contribution is -2.50. The van der Waals surface area contributed by atoms with E-state index in [0.717, 1.165) is 12.1 Å². The number of aromatic nitrogens is 1. The molecule has 0 saturated carbocycles. The van der Waals surface area contributed by atoms with Gasteiger partial charge in [-0.3, -0.25) is 45.0 Å². The number of rotatable bonds is 5. The largest absolute Gasteiger partial charge is 0.281 e. The first-order valence-electron chi connectivity index (χ1n) is 9.08. The fourth-order valence-corrected chi connectivity index (χ4v) is 3.82. The van der Waals surface area contributed by atoms with Gasteiger partial charge in [-0.2, -0.15) is 5.01 Å². The second kappa shape index (κ2) is 10.6. The molecule has 172 valence electrons. The number of carbonyl (C=O) groups excluding carboxylic acids is 3. The number of nitrogens with zero attached hydrogens (tertiary/aromatic N) is 4. The quantitative estimate of drug-likeness (QED) is 0.184. The van der Waals surface area contributed by atoms with E-state index in [1.807, 2.05) is 0 Å². The Morgan fingerprint density at radius 2 is 1.24 bits per heavy atom. The molecule has 0 radical (unpaired) electrons. The Labute approximate surface area is 217 Å². The number of imide groups is 1. The third-order valence-corrected chi connectivity index (χ3v) is 6.23. The Morgan fingerprint density at radius 3 is 1.65 bits per heavy atom. The summed E-state index contributed by atoms with van der Waals surface area (Å²) in [5, 5.41) is 22.8. The molecule has 12 nitrogen and oxygen atoms in total. The fourth-order valence-electron chi connectivity index (χ4n) is 2.69. The number of carbonyl (C=O) groups is 3. The number of nitro benzene ring substituents is 2. The Hall–Kier alpha value is -3.54. The van der Waals surface area contributed by atoms with Crippen molar-refractivity contribution < 1.29 is 24.2 Å². The molecule has 1 heterocycles. The molecule has 2 aromatic carbocycles. The van der Waals surface area contributed by atoms with Gasteiger partial charge in [0, 0.05) is 49.4 Å². The van der Waals surface area contributed by atoms with Crippen molar-refractivity contribution in [1.82, 2.24) is 15.4 Å². The summed E-state index contributed by atoms with van der Waals surface area (Å²) in [5.74, 6) is -2.98. The van der Waals surface area contributed by atoms with Crippen LogP contribution in [-0.2, 0) is 0 Å². The van der Waals surface area contributed by atoms with Crippen molar-refractivity contribution in [3.05, 3.63) is 105 Å². The minimum Gasteiger partial charge on any atom is -0.267 e. The minimum absolute atomic E-state index is 0.0723. The maximum atomic E-state index is 13.4. The van der Waals surface area contributed by atoms with Crippen molar-refractivity contribution in [2.24, 2.45) is 0 Å². The summed E-state index contributed by atoms with van der Waals surface area (Å²) in [4.78, 5) is 64.2. The highest BCUT2D eigenvalue weighted by Crippen LogP contribution is 2.24. The maximum Gasteiger partial charge on any atom is 0.281 e. The van der Waals surface area contributed by atoms with Gasteiger partial charge >= 0.3 is 0 Å². The molecule has 0 aliphatic rings. The number of hydrogen-bond acceptors (Lipinski definition) is 8. The molecule has 14 heteroatoms. The molecule has 1 N–H and O–H groups in total. The zero-order chi connectivity index (χ0) is 25.0. The second-order valence-electron chi connectivity index (χ2n) is 6.47. The first kappa shape index (κ1) is 25.1. The predicted molar refractivity (Wildman–Crippen MR) is 134 cm³/mol. The highest BCUT2D eigenvalue weighted by Gasteiger charge is 2.31. The van der Waals surface area contributed by atoms with E-state index in [1.165, 1.54) is 48.8 Å². The van der Waals surface area contributed by atoms with E-state index in [-0.39, 0.29) is 23.8 Å². The predicted octanol–water partition coefficient (Wildman–Crippen LogP) is 3.73. The van der Waals surface area contributed by atoms with Crippen molar-refractivity contribution in [3.63, 3.8) is 0 Å². The maximum absolute atomic E-state index is 13.4. The van der Waals surface area contributed by atoms with Gasteiger partial charge in [0.05, 0.1) is 21.0 Å². The molecule has 0 aliphatic carbocycles. The Morgan fingerprint density at radius 1 is 0.794 bits per heavy atom. The zero-order valence-electron chi connectivity index (χ0n) is 16.7. The van der Waals surface area contributed by atoms with Crippen LogP contribution >= 0.6 is 45.2 Å². The number of non-ortho nitro benzene ring substituents is 2. The van der Waals surface area contributed by atoms with Crippen LogP contribution in [0.2, 0.25) is 0 Å². The number of pyridine rings is 1. The van der Waals surface area contributed by atoms with Crippen LogP contribution in [-0.4, -0.2) is 37.6 Å². The summed E-state index contributed by atoms with van der Waals surface area (Å²) in [5.41, 5.74) is 1.03. The number of nitrogens with one attached hydrogen (secondary N) is 1. The lowest BCUT2D eigenvalue weighted by molar-refractivity contribution is -0.385. The van der Waals surface area contributed by atoms with Gasteiger partial charge in [0.1, 0.15) is 0 Å². The number of hydrogen-bond donors (Lipinski definition) is 1. The number of amides is 3. The van der Waals surface area contributed by atoms with E-state index in [4.69, 9.17) is 0 Å². The molecule has 0 bridgehead atoms. The lowest BCUT2D eigenvalue weighted by atomic mass is 10.1. The van der Waals surface area contributed by atoms with Crippen molar-refractivity contribution in [2.45, 2.75) is 0 Å². The normalized spacial score (nSPS) is 10.3. The van der Waals surface area contributed by atoms with Crippen LogP contribution in [0.5, 0.6) is 0 Å². The number of benzene rings is 2. The molecular weight excluding hydrogens is 676 g/mol. The van der Waals surface area contributed by atoms with Crippen LogP contribution in [0.15, 0.2) is 60.9 Å². The molecular formula is C20H11I2N5O7. The van der Waals surface area contributed by atoms with Crippen LogP contribution in [0.25, 0.3) is 0 Å². The molecule has 3 amide bonds. The zero-order valence-corrected chi connectivity index (χ0v) is 21.0. The third kappa shape index (κ3) is 5.50. The van der Waals surface area contributed by atoms with Gasteiger partial charge in [-0.25, -0.2) is 0 Å². The van der Waals surface area contributed by atoms with Gasteiger partial charge < -0.3 is 0 Å². The lowest BCUT2D eigenvalue weighted by Gasteiger charge is -2.22. The molecule has 3 rings (SSSR count). The molecule has 0 unspecified atom stereocenters. The molecule has 0 fully saturated rings. The van der Waals surface area contributed by atoms with Crippen LogP contribution in [0.4, 0.5) is 11.4 Å². The number of halogens is 2. The molecule has 0 spiro atoms. The highest BCUT2D eigenvalue weighted by atomic mass is 127. The average molecular weight is 687 g/mol. The molecule has 1 aromatic heterocycles. The summed E-state index contributed by atoms with van der Waals surface area (Å²) in [7, 11) is 0. The van der Waals surface area contributed by atoms with Crippen LogP contribution in [0.1, 0.15) is 31.1 Å².